The fraction of sp³-hybridized carbons (Fsp3) is 0.556. The van der Waals surface area contributed by atoms with Crippen LogP contribution in [0, 0.1) is 5.92 Å². The van der Waals surface area contributed by atoms with Crippen LogP contribution in [0.25, 0.3) is 11.0 Å². The van der Waals surface area contributed by atoms with E-state index in [-0.39, 0.29) is 18.2 Å². The molecule has 2 aromatic heterocycles. The maximum absolute atomic E-state index is 6.43. The van der Waals surface area contributed by atoms with Crippen LogP contribution in [0.1, 0.15) is 45.6 Å². The number of hydrogen-bond acceptors (Lipinski definition) is 7. The summed E-state index contributed by atoms with van der Waals surface area (Å²) in [6.45, 7) is 13.2. The molecule has 1 aliphatic heterocycles. The van der Waals surface area contributed by atoms with E-state index < -0.39 is 5.79 Å². The SMILES string of the molecule is C=C/C=C(\C=C)CCCNc1ncnc2c1ccn2C1CC(CSCCCN)C2OC(C)(C)OC21. The molecule has 0 amide bonds. The Morgan fingerprint density at radius 1 is 1.29 bits per heavy atom. The van der Waals surface area contributed by atoms with E-state index in [1.807, 2.05) is 37.8 Å². The number of nitrogens with two attached hydrogens (primary N) is 1. The summed E-state index contributed by atoms with van der Waals surface area (Å²) in [5.41, 5.74) is 7.80. The second kappa shape index (κ2) is 11.7. The lowest BCUT2D eigenvalue weighted by Crippen LogP contribution is -2.27. The highest BCUT2D eigenvalue weighted by Gasteiger charge is 2.54. The van der Waals surface area contributed by atoms with E-state index in [0.29, 0.717) is 5.92 Å². The van der Waals surface area contributed by atoms with E-state index in [9.17, 15) is 0 Å². The average Bonchev–Trinajstić information content (AvgIpc) is 3.50. The molecule has 2 fully saturated rings. The van der Waals surface area contributed by atoms with E-state index in [2.05, 4.69) is 45.3 Å². The molecule has 8 heteroatoms. The summed E-state index contributed by atoms with van der Waals surface area (Å²) in [7, 11) is 0. The Balaban J connectivity index is 1.48. The molecule has 0 aromatic carbocycles. The molecule has 190 valence electrons. The molecule has 7 nitrogen and oxygen atoms in total. The third-order valence-corrected chi connectivity index (χ3v) is 8.01. The maximum atomic E-state index is 6.43. The van der Waals surface area contributed by atoms with Crippen molar-refractivity contribution >= 4 is 28.6 Å². The zero-order valence-electron chi connectivity index (χ0n) is 21.0. The monoisotopic (exact) mass is 497 g/mol. The lowest BCUT2D eigenvalue weighted by molar-refractivity contribution is -0.159. The minimum atomic E-state index is -0.566. The summed E-state index contributed by atoms with van der Waals surface area (Å²) in [5, 5.41) is 4.54. The summed E-state index contributed by atoms with van der Waals surface area (Å²) in [4.78, 5) is 9.19. The van der Waals surface area contributed by atoms with Crippen molar-refractivity contribution in [2.75, 3.05) is 29.9 Å². The lowest BCUT2D eigenvalue weighted by Gasteiger charge is -2.24. The molecule has 2 aliphatic rings. The maximum Gasteiger partial charge on any atom is 0.163 e. The number of ether oxygens (including phenoxy) is 2. The summed E-state index contributed by atoms with van der Waals surface area (Å²) >= 11 is 1.97. The lowest BCUT2D eigenvalue weighted by atomic mass is 10.1. The van der Waals surface area contributed by atoms with Crippen LogP contribution in [-0.2, 0) is 9.47 Å². The molecule has 3 N–H and O–H groups in total. The number of hydrogen-bond donors (Lipinski definition) is 2. The van der Waals surface area contributed by atoms with Crippen molar-refractivity contribution in [1.82, 2.24) is 14.5 Å². The molecule has 1 aliphatic carbocycles. The number of allylic oxidation sites excluding steroid dienone is 4. The van der Waals surface area contributed by atoms with E-state index >= 15 is 0 Å². The summed E-state index contributed by atoms with van der Waals surface area (Å²) < 4.78 is 15.1. The van der Waals surface area contributed by atoms with Crippen LogP contribution in [-0.4, -0.2) is 57.1 Å². The van der Waals surface area contributed by atoms with Gasteiger partial charge in [-0.15, -0.1) is 0 Å². The zero-order valence-corrected chi connectivity index (χ0v) is 21.8. The van der Waals surface area contributed by atoms with Gasteiger partial charge in [0.25, 0.3) is 0 Å². The predicted octanol–water partition coefficient (Wildman–Crippen LogP) is 5.08. The van der Waals surface area contributed by atoms with E-state index in [1.54, 1.807) is 12.4 Å². The molecule has 0 spiro atoms. The van der Waals surface area contributed by atoms with E-state index in [4.69, 9.17) is 15.2 Å². The first-order valence-corrected chi connectivity index (χ1v) is 13.8. The van der Waals surface area contributed by atoms with E-state index in [0.717, 1.165) is 67.1 Å². The van der Waals surface area contributed by atoms with Gasteiger partial charge in [-0.25, -0.2) is 9.97 Å². The molecular formula is C27H39N5O2S. The highest BCUT2D eigenvalue weighted by Crippen LogP contribution is 2.48. The van der Waals surface area contributed by atoms with Crippen LogP contribution in [0.15, 0.2) is 55.5 Å². The normalized spacial score (nSPS) is 25.6. The van der Waals surface area contributed by atoms with Crippen molar-refractivity contribution in [1.29, 1.82) is 0 Å². The Bertz CT molecular complexity index is 1050. The molecule has 0 radical (unpaired) electrons. The Labute approximate surface area is 213 Å². The first-order chi connectivity index (χ1) is 17.0. The fourth-order valence-corrected chi connectivity index (χ4v) is 6.36. The molecule has 0 bridgehead atoms. The number of nitrogens with one attached hydrogen (secondary N) is 1. The standard InChI is InChI=1S/C27H39N5O2S/c1-5-9-19(6-2)10-7-13-29-25-21-11-14-32(26(21)31-18-30-25)22-16-20(17-35-15-8-12-28)23-24(22)34-27(3,4)33-23/h5-6,9,11,14,18,20,22-24H,1-2,7-8,10,12-13,15-17,28H2,3-4H3,(H,29,30,31)/b19-9+. The molecule has 1 saturated carbocycles. The molecule has 4 unspecified atom stereocenters. The van der Waals surface area contributed by atoms with Crippen molar-refractivity contribution in [2.45, 2.75) is 63.6 Å². The highest BCUT2D eigenvalue weighted by molar-refractivity contribution is 7.99. The van der Waals surface area contributed by atoms with E-state index in [1.165, 1.54) is 5.57 Å². The minimum absolute atomic E-state index is 0.0149. The predicted molar refractivity (Wildman–Crippen MR) is 146 cm³/mol. The van der Waals surface area contributed by atoms with Gasteiger partial charge in [-0.2, -0.15) is 11.8 Å². The van der Waals surface area contributed by atoms with Crippen LogP contribution >= 0.6 is 11.8 Å². The number of aromatic nitrogens is 3. The Morgan fingerprint density at radius 2 is 2.11 bits per heavy atom. The van der Waals surface area contributed by atoms with Crippen molar-refractivity contribution in [3.63, 3.8) is 0 Å². The van der Waals surface area contributed by atoms with Crippen LogP contribution in [0.5, 0.6) is 0 Å². The van der Waals surface area contributed by atoms with Crippen molar-refractivity contribution in [3.8, 4) is 0 Å². The number of rotatable bonds is 13. The van der Waals surface area contributed by atoms with Crippen LogP contribution in [0.2, 0.25) is 0 Å². The quantitative estimate of drug-likeness (QED) is 0.295. The van der Waals surface area contributed by atoms with Gasteiger partial charge in [0.05, 0.1) is 17.5 Å². The van der Waals surface area contributed by atoms with Gasteiger partial charge in [0.1, 0.15) is 23.9 Å². The van der Waals surface area contributed by atoms with Gasteiger partial charge in [-0.3, -0.25) is 0 Å². The zero-order chi connectivity index (χ0) is 24.8. The second-order valence-electron chi connectivity index (χ2n) is 9.74. The topological polar surface area (TPSA) is 87.2 Å². The third-order valence-electron chi connectivity index (χ3n) is 6.77. The summed E-state index contributed by atoms with van der Waals surface area (Å²) in [5.74, 6) is 2.89. The molecule has 4 rings (SSSR count). The third kappa shape index (κ3) is 6.00. The largest absolute Gasteiger partial charge is 0.369 e. The van der Waals surface area contributed by atoms with Crippen LogP contribution in [0.3, 0.4) is 0 Å². The van der Waals surface area contributed by atoms with Crippen LogP contribution < -0.4 is 11.1 Å². The fourth-order valence-electron chi connectivity index (χ4n) is 5.20. The summed E-state index contributed by atoms with van der Waals surface area (Å²) in [6, 6.07) is 2.30. The van der Waals surface area contributed by atoms with Crippen molar-refractivity contribution in [3.05, 3.63) is 55.5 Å². The van der Waals surface area contributed by atoms with Crippen LogP contribution in [0.4, 0.5) is 5.82 Å². The molecule has 1 saturated heterocycles. The average molecular weight is 498 g/mol. The van der Waals surface area contributed by atoms with Gasteiger partial charge in [0, 0.05) is 12.7 Å². The molecule has 4 atom stereocenters. The summed E-state index contributed by atoms with van der Waals surface area (Å²) in [6.07, 6.45) is 13.6. The smallest absolute Gasteiger partial charge is 0.163 e. The Hall–Kier alpha value is -2.13. The number of nitrogens with zero attached hydrogens (tertiary/aromatic N) is 3. The van der Waals surface area contributed by atoms with Gasteiger partial charge >= 0.3 is 0 Å². The Kier molecular flexibility index (Phi) is 8.70. The minimum Gasteiger partial charge on any atom is -0.369 e. The van der Waals surface area contributed by atoms with Gasteiger partial charge in [0.15, 0.2) is 5.79 Å². The van der Waals surface area contributed by atoms with Gasteiger partial charge in [0.2, 0.25) is 0 Å². The molecule has 35 heavy (non-hydrogen) atoms. The van der Waals surface area contributed by atoms with Crippen molar-refractivity contribution < 1.29 is 9.47 Å². The van der Waals surface area contributed by atoms with Gasteiger partial charge < -0.3 is 25.1 Å². The first kappa shape index (κ1) is 25.9. The molecular weight excluding hydrogens is 458 g/mol. The van der Waals surface area contributed by atoms with Gasteiger partial charge in [-0.1, -0.05) is 31.4 Å². The molecule has 2 aromatic rings. The first-order valence-electron chi connectivity index (χ1n) is 12.6. The van der Waals surface area contributed by atoms with Crippen molar-refractivity contribution in [2.24, 2.45) is 11.7 Å². The number of fused-ring (bicyclic) bond motifs is 2. The highest BCUT2D eigenvalue weighted by atomic mass is 32.2. The number of anilines is 1. The molecule has 3 heterocycles. The second-order valence-corrected chi connectivity index (χ2v) is 10.9. The Morgan fingerprint density at radius 3 is 2.89 bits per heavy atom. The number of thioether (sulfide) groups is 1. The van der Waals surface area contributed by atoms with Gasteiger partial charge in [-0.05, 0) is 75.1 Å².